The van der Waals surface area contributed by atoms with Gasteiger partial charge >= 0.3 is 5.97 Å². The van der Waals surface area contributed by atoms with Crippen molar-refractivity contribution in [1.29, 1.82) is 0 Å². The zero-order valence-corrected chi connectivity index (χ0v) is 16.2. The highest BCUT2D eigenvalue weighted by atomic mass is 32.1. The first-order chi connectivity index (χ1) is 13.0. The lowest BCUT2D eigenvalue weighted by atomic mass is 10.1. The highest BCUT2D eigenvalue weighted by Gasteiger charge is 2.36. The highest BCUT2D eigenvalue weighted by Crippen LogP contribution is 2.23. The fraction of sp³-hybridized carbons (Fsp3) is 0.350. The Balaban J connectivity index is 1.57. The van der Waals surface area contributed by atoms with Crippen LogP contribution in [0.4, 0.5) is 5.69 Å². The number of hydrogen-bond donors (Lipinski definition) is 1. The third-order valence-electron chi connectivity index (χ3n) is 4.61. The Labute approximate surface area is 162 Å². The van der Waals surface area contributed by atoms with Gasteiger partial charge in [0.1, 0.15) is 6.04 Å². The number of carbonyl (C=O) groups excluding carboxylic acids is 3. The molecule has 1 aromatic heterocycles. The van der Waals surface area contributed by atoms with Gasteiger partial charge in [-0.3, -0.25) is 9.59 Å². The van der Waals surface area contributed by atoms with Gasteiger partial charge in [0, 0.05) is 12.2 Å². The monoisotopic (exact) mass is 386 g/mol. The molecule has 1 N–H and O–H groups in total. The van der Waals surface area contributed by atoms with Crippen LogP contribution in [0.1, 0.15) is 33.6 Å². The molecule has 2 amide bonds. The number of thiophene rings is 1. The normalized spacial score (nSPS) is 16.2. The van der Waals surface area contributed by atoms with E-state index in [-0.39, 0.29) is 12.5 Å². The van der Waals surface area contributed by atoms with Gasteiger partial charge in [0.2, 0.25) is 0 Å². The van der Waals surface area contributed by atoms with Crippen molar-refractivity contribution in [2.75, 3.05) is 18.5 Å². The maximum absolute atomic E-state index is 12.5. The topological polar surface area (TPSA) is 75.7 Å². The molecule has 1 aromatic carbocycles. The van der Waals surface area contributed by atoms with E-state index in [4.69, 9.17) is 4.74 Å². The number of carbonyl (C=O) groups is 3. The molecular weight excluding hydrogens is 364 g/mol. The van der Waals surface area contributed by atoms with Gasteiger partial charge < -0.3 is 15.0 Å². The standard InChI is InChI=1S/C20H22N2O4S/c1-13-6-3-7-14(2)18(13)21-17(23)12-26-20(25)15-8-4-10-22(15)19(24)16-9-5-11-27-16/h3,5-7,9,11,15H,4,8,10,12H2,1-2H3,(H,21,23)/t15-/m0/s1. The lowest BCUT2D eigenvalue weighted by Crippen LogP contribution is -2.41. The molecular formula is C20H22N2O4S. The van der Waals surface area contributed by atoms with Crippen molar-refractivity contribution in [3.8, 4) is 0 Å². The molecule has 1 saturated heterocycles. The van der Waals surface area contributed by atoms with Gasteiger partial charge in [0.15, 0.2) is 6.61 Å². The van der Waals surface area contributed by atoms with Gasteiger partial charge in [-0.15, -0.1) is 11.3 Å². The Morgan fingerprint density at radius 1 is 1.19 bits per heavy atom. The van der Waals surface area contributed by atoms with E-state index in [0.717, 1.165) is 23.2 Å². The molecule has 2 aromatic rings. The molecule has 6 nitrogen and oxygen atoms in total. The summed E-state index contributed by atoms with van der Waals surface area (Å²) in [4.78, 5) is 39.3. The minimum Gasteiger partial charge on any atom is -0.454 e. The third-order valence-corrected chi connectivity index (χ3v) is 5.47. The Kier molecular flexibility index (Phi) is 5.91. The van der Waals surface area contributed by atoms with E-state index in [9.17, 15) is 14.4 Å². The summed E-state index contributed by atoms with van der Waals surface area (Å²) >= 11 is 1.35. The molecule has 0 bridgehead atoms. The van der Waals surface area contributed by atoms with Gasteiger partial charge in [-0.25, -0.2) is 4.79 Å². The lowest BCUT2D eigenvalue weighted by Gasteiger charge is -2.22. The van der Waals surface area contributed by atoms with E-state index < -0.39 is 17.9 Å². The summed E-state index contributed by atoms with van der Waals surface area (Å²) in [7, 11) is 0. The molecule has 142 valence electrons. The van der Waals surface area contributed by atoms with Crippen LogP contribution in [0.5, 0.6) is 0 Å². The minimum atomic E-state index is -0.632. The zero-order chi connectivity index (χ0) is 19.4. The maximum atomic E-state index is 12.5. The van der Waals surface area contributed by atoms with Crippen molar-refractivity contribution >= 4 is 34.8 Å². The van der Waals surface area contributed by atoms with Crippen LogP contribution >= 0.6 is 11.3 Å². The highest BCUT2D eigenvalue weighted by molar-refractivity contribution is 7.12. The van der Waals surface area contributed by atoms with E-state index in [1.807, 2.05) is 37.4 Å². The SMILES string of the molecule is Cc1cccc(C)c1NC(=O)COC(=O)[C@@H]1CCCN1C(=O)c1cccs1. The summed E-state index contributed by atoms with van der Waals surface area (Å²) in [5.41, 5.74) is 2.62. The number of esters is 1. The summed E-state index contributed by atoms with van der Waals surface area (Å²) in [6.45, 7) is 3.96. The number of benzene rings is 1. The molecule has 2 heterocycles. The molecule has 0 unspecified atom stereocenters. The Hall–Kier alpha value is -2.67. The Bertz CT molecular complexity index is 827. The second-order valence-corrected chi connectivity index (χ2v) is 7.50. The van der Waals surface area contributed by atoms with Crippen LogP contribution in [0.15, 0.2) is 35.7 Å². The summed E-state index contributed by atoms with van der Waals surface area (Å²) in [6, 6.07) is 8.64. The van der Waals surface area contributed by atoms with Crippen molar-refractivity contribution < 1.29 is 19.1 Å². The van der Waals surface area contributed by atoms with Crippen LogP contribution in [-0.4, -0.2) is 41.9 Å². The number of anilines is 1. The van der Waals surface area contributed by atoms with Gasteiger partial charge in [-0.05, 0) is 49.3 Å². The van der Waals surface area contributed by atoms with E-state index in [0.29, 0.717) is 17.8 Å². The van der Waals surface area contributed by atoms with Crippen molar-refractivity contribution in [3.05, 3.63) is 51.7 Å². The Morgan fingerprint density at radius 3 is 2.59 bits per heavy atom. The second-order valence-electron chi connectivity index (χ2n) is 6.56. The largest absolute Gasteiger partial charge is 0.454 e. The molecule has 0 spiro atoms. The average Bonchev–Trinajstić information content (AvgIpc) is 3.34. The van der Waals surface area contributed by atoms with Crippen LogP contribution in [0, 0.1) is 13.8 Å². The van der Waals surface area contributed by atoms with E-state index in [2.05, 4.69) is 5.32 Å². The van der Waals surface area contributed by atoms with E-state index in [1.165, 1.54) is 16.2 Å². The number of likely N-dealkylation sites (tertiary alicyclic amines) is 1. The van der Waals surface area contributed by atoms with Crippen molar-refractivity contribution in [3.63, 3.8) is 0 Å². The molecule has 1 atom stereocenters. The predicted octanol–water partition coefficient (Wildman–Crippen LogP) is 3.15. The average molecular weight is 386 g/mol. The van der Waals surface area contributed by atoms with Crippen molar-refractivity contribution in [2.45, 2.75) is 32.7 Å². The van der Waals surface area contributed by atoms with Crippen LogP contribution in [-0.2, 0) is 14.3 Å². The number of para-hydroxylation sites is 1. The van der Waals surface area contributed by atoms with E-state index >= 15 is 0 Å². The molecule has 0 saturated carbocycles. The molecule has 27 heavy (non-hydrogen) atoms. The Morgan fingerprint density at radius 2 is 1.93 bits per heavy atom. The van der Waals surface area contributed by atoms with Crippen molar-refractivity contribution in [2.24, 2.45) is 0 Å². The number of hydrogen-bond acceptors (Lipinski definition) is 5. The number of nitrogens with one attached hydrogen (secondary N) is 1. The number of aryl methyl sites for hydroxylation is 2. The lowest BCUT2D eigenvalue weighted by molar-refractivity contribution is -0.151. The zero-order valence-electron chi connectivity index (χ0n) is 15.4. The summed E-state index contributed by atoms with van der Waals surface area (Å²) in [5.74, 6) is -1.09. The molecule has 1 aliphatic rings. The minimum absolute atomic E-state index is 0.163. The smallest absolute Gasteiger partial charge is 0.329 e. The van der Waals surface area contributed by atoms with Gasteiger partial charge in [0.25, 0.3) is 11.8 Å². The number of amides is 2. The van der Waals surface area contributed by atoms with Crippen LogP contribution in [0.2, 0.25) is 0 Å². The summed E-state index contributed by atoms with van der Waals surface area (Å²) < 4.78 is 5.20. The molecule has 0 aliphatic carbocycles. The van der Waals surface area contributed by atoms with Gasteiger partial charge in [-0.1, -0.05) is 24.3 Å². The van der Waals surface area contributed by atoms with Crippen LogP contribution in [0.3, 0.4) is 0 Å². The first-order valence-corrected chi connectivity index (χ1v) is 9.72. The fourth-order valence-corrected chi connectivity index (χ4v) is 3.90. The third kappa shape index (κ3) is 4.36. The summed E-state index contributed by atoms with van der Waals surface area (Å²) in [5, 5.41) is 4.61. The van der Waals surface area contributed by atoms with Crippen LogP contribution in [0.25, 0.3) is 0 Å². The first kappa shape index (κ1) is 19.1. The molecule has 7 heteroatoms. The molecule has 1 fully saturated rings. The quantitative estimate of drug-likeness (QED) is 0.801. The van der Waals surface area contributed by atoms with Gasteiger partial charge in [-0.2, -0.15) is 0 Å². The van der Waals surface area contributed by atoms with E-state index in [1.54, 1.807) is 12.1 Å². The maximum Gasteiger partial charge on any atom is 0.329 e. The number of rotatable bonds is 5. The molecule has 1 aliphatic heterocycles. The number of ether oxygens (including phenoxy) is 1. The van der Waals surface area contributed by atoms with Gasteiger partial charge in [0.05, 0.1) is 4.88 Å². The van der Waals surface area contributed by atoms with Crippen LogP contribution < -0.4 is 5.32 Å². The molecule has 0 radical (unpaired) electrons. The van der Waals surface area contributed by atoms with Crippen molar-refractivity contribution in [1.82, 2.24) is 4.90 Å². The predicted molar refractivity (Wildman–Crippen MR) is 104 cm³/mol. The second kappa shape index (κ2) is 8.35. The first-order valence-electron chi connectivity index (χ1n) is 8.84. The fourth-order valence-electron chi connectivity index (χ4n) is 3.22. The molecule has 3 rings (SSSR count). The summed E-state index contributed by atoms with van der Waals surface area (Å²) in [6.07, 6.45) is 1.29. The number of nitrogens with zero attached hydrogens (tertiary/aromatic N) is 1.